The van der Waals surface area contributed by atoms with Crippen molar-refractivity contribution in [1.29, 1.82) is 0 Å². The zero-order valence-corrected chi connectivity index (χ0v) is 49.6. The summed E-state index contributed by atoms with van der Waals surface area (Å²) in [5.74, 6) is -6.10. The van der Waals surface area contributed by atoms with E-state index in [0.29, 0.717) is 19.3 Å². The number of carbonyl (C=O) groups excluding carboxylic acids is 2. The Morgan fingerprint density at radius 1 is 0.585 bits per heavy atom. The summed E-state index contributed by atoms with van der Waals surface area (Å²) in [6.45, 7) is 2.16. The second-order valence-electron chi connectivity index (χ2n) is 23.3. The molecule has 18 atom stereocenters. The quantitative estimate of drug-likeness (QED) is 0.0388. The highest BCUT2D eigenvalue weighted by Gasteiger charge is 2.60. The second-order valence-corrected chi connectivity index (χ2v) is 23.3. The molecule has 2 amide bonds. The van der Waals surface area contributed by atoms with Gasteiger partial charge in [-0.3, -0.25) is 9.59 Å². The molecule has 0 aromatic heterocycles. The molecule has 23 nitrogen and oxygen atoms in total. The Balaban J connectivity index is 1.62. The van der Waals surface area contributed by atoms with Gasteiger partial charge < -0.3 is 100 Å². The minimum absolute atomic E-state index is 0.226. The van der Waals surface area contributed by atoms with Gasteiger partial charge in [-0.2, -0.15) is 0 Å². The Morgan fingerprint density at radius 3 is 1.52 bits per heavy atom. The van der Waals surface area contributed by atoms with E-state index in [4.69, 9.17) is 28.4 Å². The van der Waals surface area contributed by atoms with Crippen LogP contribution in [0.5, 0.6) is 0 Å². The number of carboxylic acids is 1. The molecule has 0 aromatic rings. The topological polar surface area (TPSA) is 373 Å². The van der Waals surface area contributed by atoms with Gasteiger partial charge in [0.15, 0.2) is 12.6 Å². The molecule has 0 saturated carbocycles. The van der Waals surface area contributed by atoms with Crippen LogP contribution in [-0.2, 0) is 42.8 Å². The lowest BCUT2D eigenvalue weighted by atomic mass is 9.88. The predicted octanol–water partition coefficient (Wildman–Crippen LogP) is 3.39. The van der Waals surface area contributed by atoms with Crippen LogP contribution >= 0.6 is 0 Å². The highest BCUT2D eigenvalue weighted by molar-refractivity contribution is 5.77. The Bertz CT molecular complexity index is 1690. The molecule has 0 spiro atoms. The fourth-order valence-electron chi connectivity index (χ4n) is 11.2. The number of hydrogen-bond donors (Lipinski definition) is 14. The van der Waals surface area contributed by atoms with Crippen LogP contribution < -0.4 is 10.6 Å². The van der Waals surface area contributed by atoms with Gasteiger partial charge in [-0.15, -0.1) is 0 Å². The van der Waals surface area contributed by atoms with Crippen LogP contribution in [0.2, 0.25) is 0 Å². The van der Waals surface area contributed by atoms with Gasteiger partial charge in [0.2, 0.25) is 11.8 Å². The molecule has 3 rings (SSSR count). The maximum Gasteiger partial charge on any atom is 0.364 e. The Morgan fingerprint density at radius 2 is 1.06 bits per heavy atom. The number of hydrogen-bond acceptors (Lipinski definition) is 20. The van der Waals surface area contributed by atoms with Crippen molar-refractivity contribution in [1.82, 2.24) is 10.6 Å². The molecule has 0 aliphatic carbocycles. The van der Waals surface area contributed by atoms with Gasteiger partial charge in [0.25, 0.3) is 5.79 Å². The van der Waals surface area contributed by atoms with Crippen LogP contribution in [0.25, 0.3) is 0 Å². The van der Waals surface area contributed by atoms with Crippen molar-refractivity contribution < 1.29 is 104 Å². The molecule has 0 bridgehead atoms. The third kappa shape index (κ3) is 25.6. The predicted molar refractivity (Wildman–Crippen MR) is 302 cm³/mol. The van der Waals surface area contributed by atoms with E-state index in [2.05, 4.69) is 24.5 Å². The summed E-state index contributed by atoms with van der Waals surface area (Å²) in [7, 11) is 0. The number of carboxylic acid groups (broad SMARTS) is 1. The molecule has 0 aromatic carbocycles. The standard InChI is InChI=1S/C59H110N2O21/c1-4-6-8-10-12-14-15-16-17-18-19-20-21-22-23-25-26-28-30-32-41(66)40(61-46(69)33-31-29-27-24-13-11-9-7-5-2)38-77-56-51(73)50(72)53(45(37-64)79-56)80-57-52(74)55(49(71)44(36-63)78-57)82-59(58(75)76)34-42(67)47(60-39(3)65)54(81-59)48(70)43(68)35-62/h40-45,47-57,62-64,66-68,70-74H,4-38H2,1-3H3,(H,60,65)(H,61,69)(H,75,76). The van der Waals surface area contributed by atoms with Gasteiger partial charge in [-0.05, 0) is 12.8 Å². The summed E-state index contributed by atoms with van der Waals surface area (Å²) in [4.78, 5) is 38.3. The van der Waals surface area contributed by atoms with Gasteiger partial charge >= 0.3 is 5.97 Å². The number of unbranched alkanes of at least 4 members (excludes halogenated alkanes) is 26. The molecular formula is C59H110N2O21. The van der Waals surface area contributed by atoms with Crippen LogP contribution in [0.15, 0.2) is 0 Å². The van der Waals surface area contributed by atoms with Crippen molar-refractivity contribution in [3.8, 4) is 0 Å². The van der Waals surface area contributed by atoms with Crippen molar-refractivity contribution in [2.24, 2.45) is 0 Å². The van der Waals surface area contributed by atoms with Crippen molar-refractivity contribution in [2.75, 3.05) is 26.4 Å². The van der Waals surface area contributed by atoms with Crippen molar-refractivity contribution in [3.05, 3.63) is 0 Å². The van der Waals surface area contributed by atoms with Crippen LogP contribution in [-0.4, -0.2) is 215 Å². The van der Waals surface area contributed by atoms with E-state index >= 15 is 0 Å². The van der Waals surface area contributed by atoms with Gasteiger partial charge in [0.05, 0.1) is 50.7 Å². The van der Waals surface area contributed by atoms with Gasteiger partial charge in [0.1, 0.15) is 67.1 Å². The summed E-state index contributed by atoms with van der Waals surface area (Å²) < 4.78 is 34.7. The summed E-state index contributed by atoms with van der Waals surface area (Å²) >= 11 is 0. The fourth-order valence-corrected chi connectivity index (χ4v) is 11.2. The Hall–Kier alpha value is -2.27. The maximum absolute atomic E-state index is 13.3. The molecule has 14 N–H and O–H groups in total. The van der Waals surface area contributed by atoms with Gasteiger partial charge in [-0.25, -0.2) is 4.79 Å². The average molecular weight is 1180 g/mol. The first-order valence-electron chi connectivity index (χ1n) is 31.4. The molecule has 3 aliphatic rings. The molecule has 18 unspecified atom stereocenters. The molecular weight excluding hydrogens is 1070 g/mol. The van der Waals surface area contributed by atoms with Gasteiger partial charge in [0, 0.05) is 19.8 Å². The SMILES string of the molecule is CCCCCCCCCCCCCCCCCCCCCC(O)C(COC1OC(CO)C(OC2OC(CO)C(O)C(OC3(C(=O)O)CC(O)C(NC(C)=O)C(C(O)C(O)CO)O3)C2O)C(O)C1O)NC(=O)CCCCCCCCCCC. The van der Waals surface area contributed by atoms with E-state index < -0.39 is 148 Å². The Labute approximate surface area is 487 Å². The van der Waals surface area contributed by atoms with Crippen LogP contribution in [0.1, 0.15) is 220 Å². The number of carbonyl (C=O) groups is 3. The van der Waals surface area contributed by atoms with Crippen LogP contribution in [0.4, 0.5) is 0 Å². The zero-order chi connectivity index (χ0) is 60.5. The molecule has 23 heteroatoms. The smallest absolute Gasteiger partial charge is 0.364 e. The number of nitrogens with one attached hydrogen (secondary N) is 2. The zero-order valence-electron chi connectivity index (χ0n) is 49.6. The van der Waals surface area contributed by atoms with Gasteiger partial charge in [-0.1, -0.05) is 187 Å². The first kappa shape index (κ1) is 74.0. The minimum Gasteiger partial charge on any atom is -0.477 e. The number of ether oxygens (including phenoxy) is 6. The molecule has 0 radical (unpaired) electrons. The molecule has 3 aliphatic heterocycles. The third-order valence-electron chi connectivity index (χ3n) is 16.3. The summed E-state index contributed by atoms with van der Waals surface area (Å²) in [6, 6.07) is -2.52. The van der Waals surface area contributed by atoms with E-state index in [9.17, 15) is 75.7 Å². The van der Waals surface area contributed by atoms with Crippen molar-refractivity contribution >= 4 is 17.8 Å². The third-order valence-corrected chi connectivity index (χ3v) is 16.3. The lowest BCUT2D eigenvalue weighted by Crippen LogP contribution is -2.70. The minimum atomic E-state index is -3.07. The van der Waals surface area contributed by atoms with Crippen LogP contribution in [0, 0.1) is 0 Å². The fraction of sp³-hybridized carbons (Fsp3) is 0.949. The van der Waals surface area contributed by atoms with Crippen molar-refractivity contribution in [3.63, 3.8) is 0 Å². The van der Waals surface area contributed by atoms with E-state index in [1.54, 1.807) is 0 Å². The largest absolute Gasteiger partial charge is 0.477 e. The normalized spacial score (nSPS) is 30.1. The summed E-state index contributed by atoms with van der Waals surface area (Å²) in [6.07, 6.45) is 4.31. The first-order valence-corrected chi connectivity index (χ1v) is 31.4. The van der Waals surface area contributed by atoms with E-state index in [1.807, 2.05) is 0 Å². The number of aliphatic carboxylic acids is 1. The Kier molecular flexibility index (Phi) is 37.7. The second kappa shape index (κ2) is 41.8. The van der Waals surface area contributed by atoms with E-state index in [1.165, 1.54) is 116 Å². The van der Waals surface area contributed by atoms with Crippen LogP contribution in [0.3, 0.4) is 0 Å². The number of rotatable bonds is 46. The number of amides is 2. The summed E-state index contributed by atoms with van der Waals surface area (Å²) in [5, 5.41) is 136. The highest BCUT2D eigenvalue weighted by atomic mass is 16.8. The first-order chi connectivity index (χ1) is 39.4. The van der Waals surface area contributed by atoms with E-state index in [-0.39, 0.29) is 18.9 Å². The summed E-state index contributed by atoms with van der Waals surface area (Å²) in [5.41, 5.74) is 0. The molecule has 82 heavy (non-hydrogen) atoms. The monoisotopic (exact) mass is 1180 g/mol. The highest BCUT2D eigenvalue weighted by Crippen LogP contribution is 2.38. The maximum atomic E-state index is 13.3. The number of aliphatic hydroxyl groups is 11. The molecule has 482 valence electrons. The molecule has 3 heterocycles. The number of aliphatic hydroxyl groups excluding tert-OH is 11. The lowest BCUT2D eigenvalue weighted by molar-refractivity contribution is -0.386. The molecule has 3 fully saturated rings. The average Bonchev–Trinajstić information content (AvgIpc) is 3.46. The molecule has 3 saturated heterocycles. The van der Waals surface area contributed by atoms with E-state index in [0.717, 1.165) is 58.3 Å². The van der Waals surface area contributed by atoms with Crippen molar-refractivity contribution in [2.45, 2.75) is 330 Å². The lowest BCUT2D eigenvalue weighted by Gasteiger charge is -2.50.